The molecule has 0 aromatic heterocycles. The van der Waals surface area contributed by atoms with E-state index in [9.17, 15) is 4.79 Å². The second-order valence-corrected chi connectivity index (χ2v) is 6.47. The summed E-state index contributed by atoms with van der Waals surface area (Å²) in [5.41, 5.74) is 0.825. The van der Waals surface area contributed by atoms with Gasteiger partial charge < -0.3 is 4.74 Å². The zero-order valence-corrected chi connectivity index (χ0v) is 13.1. The molecule has 1 aromatic carbocycles. The Morgan fingerprint density at radius 1 is 1.30 bits per heavy atom. The quantitative estimate of drug-likeness (QED) is 0.596. The van der Waals surface area contributed by atoms with Gasteiger partial charge in [-0.05, 0) is 17.9 Å². The highest BCUT2D eigenvalue weighted by molar-refractivity contribution is 7.99. The van der Waals surface area contributed by atoms with E-state index in [1.165, 1.54) is 4.90 Å². The van der Waals surface area contributed by atoms with Crippen LogP contribution in [0.4, 0.5) is 0 Å². The molecule has 0 N–H and O–H groups in total. The van der Waals surface area contributed by atoms with Gasteiger partial charge in [0.25, 0.3) is 0 Å². The standard InChI is InChI=1S/C16H23NO2S/c1-3-20-15-6-4-14(5-7-15)16(18)13(2)12-17-8-10-19-11-9-17/h4-7,13H,3,8-12H2,1-2H3. The number of thioether (sulfide) groups is 1. The van der Waals surface area contributed by atoms with Crippen LogP contribution in [0.25, 0.3) is 0 Å². The van der Waals surface area contributed by atoms with E-state index in [0.29, 0.717) is 0 Å². The number of nitrogens with zero attached hydrogens (tertiary/aromatic N) is 1. The number of carbonyl (C=O) groups excluding carboxylic acids is 1. The van der Waals surface area contributed by atoms with Gasteiger partial charge in [0.05, 0.1) is 13.2 Å². The van der Waals surface area contributed by atoms with Gasteiger partial charge in [-0.15, -0.1) is 11.8 Å². The van der Waals surface area contributed by atoms with Crippen molar-refractivity contribution in [2.45, 2.75) is 18.7 Å². The number of hydrogen-bond donors (Lipinski definition) is 0. The normalized spacial score (nSPS) is 17.9. The molecule has 4 heteroatoms. The molecule has 0 aliphatic carbocycles. The Kier molecular flexibility index (Phi) is 6.07. The van der Waals surface area contributed by atoms with Crippen LogP contribution in [0.5, 0.6) is 0 Å². The van der Waals surface area contributed by atoms with Gasteiger partial charge in [0.15, 0.2) is 5.78 Å². The number of Topliss-reactive ketones (excluding diaryl/α,β-unsaturated/α-hetero) is 1. The molecule has 110 valence electrons. The number of hydrogen-bond acceptors (Lipinski definition) is 4. The number of ether oxygens (including phenoxy) is 1. The average Bonchev–Trinajstić information content (AvgIpc) is 2.48. The van der Waals surface area contributed by atoms with Crippen molar-refractivity contribution in [1.29, 1.82) is 0 Å². The molecule has 1 aliphatic rings. The van der Waals surface area contributed by atoms with Crippen molar-refractivity contribution in [3.8, 4) is 0 Å². The first-order valence-electron chi connectivity index (χ1n) is 7.28. The Hall–Kier alpha value is -0.840. The van der Waals surface area contributed by atoms with Gasteiger partial charge in [-0.2, -0.15) is 0 Å². The summed E-state index contributed by atoms with van der Waals surface area (Å²) < 4.78 is 5.33. The highest BCUT2D eigenvalue weighted by Crippen LogP contribution is 2.19. The van der Waals surface area contributed by atoms with E-state index in [2.05, 4.69) is 11.8 Å². The van der Waals surface area contributed by atoms with Crippen LogP contribution in [0.1, 0.15) is 24.2 Å². The lowest BCUT2D eigenvalue weighted by Gasteiger charge is -2.28. The first kappa shape index (κ1) is 15.5. The van der Waals surface area contributed by atoms with Crippen molar-refractivity contribution in [1.82, 2.24) is 4.90 Å². The second-order valence-electron chi connectivity index (χ2n) is 5.14. The number of ketones is 1. The maximum atomic E-state index is 12.4. The van der Waals surface area contributed by atoms with Crippen molar-refractivity contribution in [3.63, 3.8) is 0 Å². The van der Waals surface area contributed by atoms with E-state index in [1.54, 1.807) is 11.8 Å². The highest BCUT2D eigenvalue weighted by Gasteiger charge is 2.20. The van der Waals surface area contributed by atoms with Gasteiger partial charge in [-0.25, -0.2) is 0 Å². The third-order valence-corrected chi connectivity index (χ3v) is 4.43. The predicted molar refractivity (Wildman–Crippen MR) is 83.6 cm³/mol. The molecule has 1 atom stereocenters. The third kappa shape index (κ3) is 4.33. The summed E-state index contributed by atoms with van der Waals surface area (Å²) in [6, 6.07) is 8.00. The van der Waals surface area contributed by atoms with Crippen molar-refractivity contribution >= 4 is 17.5 Å². The minimum Gasteiger partial charge on any atom is -0.379 e. The molecule has 0 bridgehead atoms. The monoisotopic (exact) mass is 293 g/mol. The summed E-state index contributed by atoms with van der Waals surface area (Å²) in [7, 11) is 0. The zero-order valence-electron chi connectivity index (χ0n) is 12.3. The number of rotatable bonds is 6. The maximum absolute atomic E-state index is 12.4. The number of morpholine rings is 1. The SMILES string of the molecule is CCSc1ccc(C(=O)C(C)CN2CCOCC2)cc1. The largest absolute Gasteiger partial charge is 0.379 e. The van der Waals surface area contributed by atoms with Crippen LogP contribution in [0.2, 0.25) is 0 Å². The zero-order chi connectivity index (χ0) is 14.4. The van der Waals surface area contributed by atoms with Gasteiger partial charge in [-0.1, -0.05) is 26.0 Å². The van der Waals surface area contributed by atoms with Crippen molar-refractivity contribution in [2.75, 3.05) is 38.6 Å². The molecular formula is C16H23NO2S. The molecule has 1 aliphatic heterocycles. The van der Waals surface area contributed by atoms with E-state index in [-0.39, 0.29) is 11.7 Å². The van der Waals surface area contributed by atoms with Crippen LogP contribution in [0.3, 0.4) is 0 Å². The average molecular weight is 293 g/mol. The first-order chi connectivity index (χ1) is 9.70. The molecule has 1 unspecified atom stereocenters. The van der Waals surface area contributed by atoms with Gasteiger partial charge >= 0.3 is 0 Å². The van der Waals surface area contributed by atoms with Gasteiger partial charge in [0, 0.05) is 36.0 Å². The van der Waals surface area contributed by atoms with Crippen LogP contribution in [0.15, 0.2) is 29.2 Å². The highest BCUT2D eigenvalue weighted by atomic mass is 32.2. The molecule has 1 heterocycles. The van der Waals surface area contributed by atoms with Crippen LogP contribution in [-0.4, -0.2) is 49.3 Å². The fourth-order valence-electron chi connectivity index (χ4n) is 2.42. The van der Waals surface area contributed by atoms with Crippen molar-refractivity contribution in [3.05, 3.63) is 29.8 Å². The lowest BCUT2D eigenvalue weighted by Crippen LogP contribution is -2.40. The molecular weight excluding hydrogens is 270 g/mol. The topological polar surface area (TPSA) is 29.5 Å². The molecule has 0 saturated carbocycles. The molecule has 2 rings (SSSR count). The molecule has 1 fully saturated rings. The van der Waals surface area contributed by atoms with E-state index in [1.807, 2.05) is 31.2 Å². The fourth-order valence-corrected chi connectivity index (χ4v) is 3.08. The predicted octanol–water partition coefficient (Wildman–Crippen LogP) is 2.95. The molecule has 1 saturated heterocycles. The lowest BCUT2D eigenvalue weighted by atomic mass is 9.99. The van der Waals surface area contributed by atoms with Gasteiger partial charge in [0.2, 0.25) is 0 Å². The summed E-state index contributed by atoms with van der Waals surface area (Å²) in [4.78, 5) is 16.0. The molecule has 0 radical (unpaired) electrons. The van der Waals surface area contributed by atoms with Crippen LogP contribution < -0.4 is 0 Å². The lowest BCUT2D eigenvalue weighted by molar-refractivity contribution is 0.0313. The third-order valence-electron chi connectivity index (χ3n) is 3.53. The number of benzene rings is 1. The summed E-state index contributed by atoms with van der Waals surface area (Å²) in [6.45, 7) is 8.41. The van der Waals surface area contributed by atoms with E-state index >= 15 is 0 Å². The van der Waals surface area contributed by atoms with E-state index < -0.39 is 0 Å². The number of carbonyl (C=O) groups is 1. The smallest absolute Gasteiger partial charge is 0.166 e. The van der Waals surface area contributed by atoms with Crippen molar-refractivity contribution in [2.24, 2.45) is 5.92 Å². The van der Waals surface area contributed by atoms with Crippen LogP contribution in [0, 0.1) is 5.92 Å². The summed E-state index contributed by atoms with van der Waals surface area (Å²) in [5.74, 6) is 1.34. The van der Waals surface area contributed by atoms with E-state index in [0.717, 1.165) is 44.2 Å². The Labute approximate surface area is 125 Å². The fraction of sp³-hybridized carbons (Fsp3) is 0.562. The summed E-state index contributed by atoms with van der Waals surface area (Å²) in [6.07, 6.45) is 0. The Morgan fingerprint density at radius 3 is 2.55 bits per heavy atom. The second kappa shape index (κ2) is 7.81. The Morgan fingerprint density at radius 2 is 1.95 bits per heavy atom. The maximum Gasteiger partial charge on any atom is 0.166 e. The molecule has 3 nitrogen and oxygen atoms in total. The van der Waals surface area contributed by atoms with E-state index in [4.69, 9.17) is 4.74 Å². The molecule has 0 spiro atoms. The van der Waals surface area contributed by atoms with Gasteiger partial charge in [0.1, 0.15) is 0 Å². The van der Waals surface area contributed by atoms with Crippen molar-refractivity contribution < 1.29 is 9.53 Å². The first-order valence-corrected chi connectivity index (χ1v) is 8.26. The summed E-state index contributed by atoms with van der Waals surface area (Å²) in [5, 5.41) is 0. The minimum absolute atomic E-state index is 0.0396. The van der Waals surface area contributed by atoms with Crippen LogP contribution >= 0.6 is 11.8 Å². The minimum atomic E-state index is 0.0396. The van der Waals surface area contributed by atoms with Crippen LogP contribution in [-0.2, 0) is 4.74 Å². The summed E-state index contributed by atoms with van der Waals surface area (Å²) >= 11 is 1.80. The molecule has 1 aromatic rings. The Balaban J connectivity index is 1.91. The van der Waals surface area contributed by atoms with Gasteiger partial charge in [-0.3, -0.25) is 9.69 Å². The molecule has 0 amide bonds. The molecule has 20 heavy (non-hydrogen) atoms. The Bertz CT molecular complexity index is 427.